The van der Waals surface area contributed by atoms with Gasteiger partial charge in [-0.3, -0.25) is 30.2 Å². The lowest BCUT2D eigenvalue weighted by molar-refractivity contribution is -0.385. The Kier molecular flexibility index (Phi) is 10.1. The summed E-state index contributed by atoms with van der Waals surface area (Å²) in [6.45, 7) is 0. The first-order chi connectivity index (χ1) is 15.0. The molecule has 32 heavy (non-hydrogen) atoms. The largest absolute Gasteiger partial charge is 0.477 e. The Bertz CT molecular complexity index is 1030. The van der Waals surface area contributed by atoms with E-state index in [-0.39, 0.29) is 21.2 Å². The van der Waals surface area contributed by atoms with Crippen LogP contribution in [-0.4, -0.2) is 42.0 Å². The first-order valence-electron chi connectivity index (χ1n) is 8.09. The molecule has 0 saturated carbocycles. The minimum atomic E-state index is -1.34. The molecule has 3 aromatic rings. The number of hydrogen-bond acceptors (Lipinski definition) is 8. The van der Waals surface area contributed by atoms with Crippen molar-refractivity contribution < 1.29 is 29.6 Å². The van der Waals surface area contributed by atoms with E-state index in [0.717, 1.165) is 24.3 Å². The summed E-state index contributed by atoms with van der Waals surface area (Å²) < 4.78 is 0. The van der Waals surface area contributed by atoms with Crippen LogP contribution >= 0.6 is 23.2 Å². The molecule has 0 atom stereocenters. The van der Waals surface area contributed by atoms with Crippen molar-refractivity contribution in [3.63, 3.8) is 0 Å². The van der Waals surface area contributed by atoms with E-state index in [4.69, 9.17) is 33.4 Å². The van der Waals surface area contributed by atoms with Crippen molar-refractivity contribution in [2.75, 3.05) is 0 Å². The first kappa shape index (κ1) is 25.9. The molecule has 2 aromatic carbocycles. The van der Waals surface area contributed by atoms with Crippen molar-refractivity contribution in [2.45, 2.75) is 0 Å². The maximum absolute atomic E-state index is 10.5. The summed E-state index contributed by atoms with van der Waals surface area (Å²) in [5.74, 6) is -2.69. The van der Waals surface area contributed by atoms with Gasteiger partial charge in [0.25, 0.3) is 11.4 Å². The van der Waals surface area contributed by atoms with Crippen LogP contribution in [0.15, 0.2) is 61.2 Å². The Balaban J connectivity index is 0.000000256. The van der Waals surface area contributed by atoms with E-state index < -0.39 is 33.2 Å². The maximum atomic E-state index is 10.5. The van der Waals surface area contributed by atoms with Crippen molar-refractivity contribution in [3.05, 3.63) is 103 Å². The summed E-state index contributed by atoms with van der Waals surface area (Å²) in [4.78, 5) is 47.6. The Morgan fingerprint density at radius 1 is 0.719 bits per heavy atom. The number of aromatic carboxylic acids is 2. The number of rotatable bonds is 4. The number of halogens is 2. The lowest BCUT2D eigenvalue weighted by Gasteiger charge is -1.97. The number of carbonyl (C=O) groups is 2. The molecule has 0 unspecified atom stereocenters. The molecule has 2 N–H and O–H groups in total. The summed E-state index contributed by atoms with van der Waals surface area (Å²) in [6.07, 6.45) is 6.56. The molecule has 12 nitrogen and oxygen atoms in total. The van der Waals surface area contributed by atoms with Crippen LogP contribution in [-0.2, 0) is 0 Å². The highest BCUT2D eigenvalue weighted by molar-refractivity contribution is 6.31. The molecule has 1 aromatic heterocycles. The van der Waals surface area contributed by atoms with E-state index in [9.17, 15) is 29.8 Å². The van der Waals surface area contributed by atoms with Gasteiger partial charge in [-0.05, 0) is 24.3 Å². The Labute approximate surface area is 189 Å². The van der Waals surface area contributed by atoms with Crippen LogP contribution in [0, 0.1) is 20.2 Å². The van der Waals surface area contributed by atoms with Crippen molar-refractivity contribution in [2.24, 2.45) is 0 Å². The Morgan fingerprint density at radius 3 is 1.25 bits per heavy atom. The highest BCUT2D eigenvalue weighted by atomic mass is 35.5. The number of carboxylic acids is 2. The van der Waals surface area contributed by atoms with Crippen molar-refractivity contribution >= 4 is 46.5 Å². The van der Waals surface area contributed by atoms with Crippen LogP contribution in [0.25, 0.3) is 0 Å². The molecule has 0 saturated heterocycles. The van der Waals surface area contributed by atoms with Gasteiger partial charge in [0.05, 0.1) is 9.85 Å². The van der Waals surface area contributed by atoms with Gasteiger partial charge in [-0.15, -0.1) is 0 Å². The smallest absolute Gasteiger partial charge is 0.342 e. The zero-order valence-corrected chi connectivity index (χ0v) is 17.2. The van der Waals surface area contributed by atoms with Crippen molar-refractivity contribution in [1.82, 2.24) is 9.97 Å². The predicted molar refractivity (Wildman–Crippen MR) is 112 cm³/mol. The van der Waals surface area contributed by atoms with Crippen LogP contribution in [0.3, 0.4) is 0 Å². The minimum absolute atomic E-state index is 0.136. The third-order valence-corrected chi connectivity index (χ3v) is 3.72. The molecular weight excluding hydrogens is 471 g/mol. The second kappa shape index (κ2) is 12.5. The number of aromatic nitrogens is 2. The fourth-order valence-corrected chi connectivity index (χ4v) is 2.26. The molecule has 0 aliphatic carbocycles. The molecule has 166 valence electrons. The average Bonchev–Trinajstić information content (AvgIpc) is 2.75. The van der Waals surface area contributed by atoms with Gasteiger partial charge in [-0.2, -0.15) is 0 Å². The number of carboxylic acid groups (broad SMARTS) is 2. The second-order valence-electron chi connectivity index (χ2n) is 5.34. The predicted octanol–water partition coefficient (Wildman–Crippen LogP) is 4.37. The van der Waals surface area contributed by atoms with E-state index in [1.54, 1.807) is 24.8 Å². The van der Waals surface area contributed by atoms with Gasteiger partial charge in [-0.25, -0.2) is 9.59 Å². The zero-order valence-electron chi connectivity index (χ0n) is 15.7. The van der Waals surface area contributed by atoms with Gasteiger partial charge >= 0.3 is 11.9 Å². The third-order valence-electron chi connectivity index (χ3n) is 3.25. The third kappa shape index (κ3) is 8.30. The van der Waals surface area contributed by atoms with Crippen LogP contribution in [0.1, 0.15) is 20.7 Å². The molecule has 3 rings (SSSR count). The van der Waals surface area contributed by atoms with Crippen molar-refractivity contribution in [1.29, 1.82) is 0 Å². The fourth-order valence-electron chi connectivity index (χ4n) is 1.93. The highest BCUT2D eigenvalue weighted by Gasteiger charge is 2.20. The quantitative estimate of drug-likeness (QED) is 0.398. The minimum Gasteiger partial charge on any atom is -0.477 e. The van der Waals surface area contributed by atoms with E-state index in [2.05, 4.69) is 9.97 Å². The average molecular weight is 483 g/mol. The van der Waals surface area contributed by atoms with Crippen LogP contribution in [0.2, 0.25) is 10.0 Å². The standard InChI is InChI=1S/2C7H4ClNO4.C4H4N2/c2*8-4-1-2-5(7(10)11)6(3-4)9(12)13;1-2-6-4-3-5-1/h2*1-3H,(H,10,11);1-4H. The summed E-state index contributed by atoms with van der Waals surface area (Å²) in [5, 5.41) is 38.1. The fraction of sp³-hybridized carbons (Fsp3) is 0. The van der Waals surface area contributed by atoms with Crippen LogP contribution in [0.4, 0.5) is 11.4 Å². The Hall–Kier alpha value is -4.16. The van der Waals surface area contributed by atoms with Gasteiger partial charge in [-0.1, -0.05) is 23.2 Å². The topological polar surface area (TPSA) is 187 Å². The number of nitro benzene ring substituents is 2. The molecule has 0 bridgehead atoms. The van der Waals surface area contributed by atoms with Gasteiger partial charge in [0.15, 0.2) is 0 Å². The monoisotopic (exact) mass is 482 g/mol. The molecule has 0 aliphatic rings. The van der Waals surface area contributed by atoms with E-state index in [1.165, 1.54) is 12.1 Å². The maximum Gasteiger partial charge on any atom is 0.342 e. The number of benzene rings is 2. The Morgan fingerprint density at radius 2 is 1.03 bits per heavy atom. The molecule has 0 aliphatic heterocycles. The van der Waals surface area contributed by atoms with Crippen LogP contribution < -0.4 is 0 Å². The molecule has 14 heteroatoms. The number of nitro groups is 2. The molecular formula is C18H12Cl2N4O8. The van der Waals surface area contributed by atoms with Gasteiger partial charge in [0, 0.05) is 47.0 Å². The lowest BCUT2D eigenvalue weighted by atomic mass is 10.2. The normalized spacial score (nSPS) is 9.31. The summed E-state index contributed by atoms with van der Waals surface area (Å²) in [7, 11) is 0. The van der Waals surface area contributed by atoms with E-state index in [1.807, 2.05) is 0 Å². The molecule has 0 amide bonds. The zero-order chi connectivity index (χ0) is 24.3. The molecule has 0 radical (unpaired) electrons. The van der Waals surface area contributed by atoms with Gasteiger partial charge in [0.2, 0.25) is 0 Å². The SMILES string of the molecule is O=C(O)c1ccc(Cl)cc1[N+](=O)[O-].O=C(O)c1ccc(Cl)cc1[N+](=O)[O-].c1cnccn1. The van der Waals surface area contributed by atoms with Gasteiger partial charge in [0.1, 0.15) is 11.1 Å². The first-order valence-corrected chi connectivity index (χ1v) is 8.84. The summed E-state index contributed by atoms with van der Waals surface area (Å²) >= 11 is 10.9. The summed E-state index contributed by atoms with van der Waals surface area (Å²) in [6, 6.07) is 6.79. The van der Waals surface area contributed by atoms with E-state index in [0.29, 0.717) is 0 Å². The lowest BCUT2D eigenvalue weighted by Crippen LogP contribution is -2.01. The molecule has 1 heterocycles. The number of nitrogens with zero attached hydrogens (tertiary/aromatic N) is 4. The molecule has 0 spiro atoms. The molecule has 0 fully saturated rings. The van der Waals surface area contributed by atoms with Crippen LogP contribution in [0.5, 0.6) is 0 Å². The van der Waals surface area contributed by atoms with Gasteiger partial charge < -0.3 is 10.2 Å². The van der Waals surface area contributed by atoms with Crippen molar-refractivity contribution in [3.8, 4) is 0 Å². The second-order valence-corrected chi connectivity index (χ2v) is 6.21. The summed E-state index contributed by atoms with van der Waals surface area (Å²) in [5.41, 5.74) is -1.73. The number of hydrogen-bond donors (Lipinski definition) is 2. The van der Waals surface area contributed by atoms with E-state index >= 15 is 0 Å². The highest BCUT2D eigenvalue weighted by Crippen LogP contribution is 2.23.